The topological polar surface area (TPSA) is 108 Å². The molecule has 2 aromatic rings. The smallest absolute Gasteiger partial charge is 0.284 e. The quantitative estimate of drug-likeness (QED) is 0.615. The van der Waals surface area contributed by atoms with E-state index in [9.17, 15) is 18.0 Å². The molecule has 9 heteroatoms. The van der Waals surface area contributed by atoms with E-state index in [2.05, 4.69) is 15.0 Å². The summed E-state index contributed by atoms with van der Waals surface area (Å²) in [4.78, 5) is 27.3. The van der Waals surface area contributed by atoms with Crippen LogP contribution in [0.1, 0.15) is 44.7 Å². The molecule has 1 unspecified atom stereocenters. The lowest BCUT2D eigenvalue weighted by Crippen LogP contribution is -2.37. The Morgan fingerprint density at radius 2 is 1.82 bits per heavy atom. The number of anilines is 1. The lowest BCUT2D eigenvalue weighted by atomic mass is 10.0. The zero-order valence-electron chi connectivity index (χ0n) is 19.1. The fraction of sp³-hybridized carbons (Fsp3) is 0.375. The summed E-state index contributed by atoms with van der Waals surface area (Å²) in [6.45, 7) is 4.62. The average Bonchev–Trinajstić information content (AvgIpc) is 3.16. The molecule has 1 atom stereocenters. The Hall–Kier alpha value is -3.20. The molecule has 2 amide bonds. The fourth-order valence-corrected chi connectivity index (χ4v) is 4.73. The molecule has 3 rings (SSSR count). The van der Waals surface area contributed by atoms with E-state index in [0.717, 1.165) is 13.0 Å². The first-order chi connectivity index (χ1) is 15.7. The van der Waals surface area contributed by atoms with Gasteiger partial charge in [-0.3, -0.25) is 9.59 Å². The van der Waals surface area contributed by atoms with Gasteiger partial charge in [0.15, 0.2) is 0 Å². The fourth-order valence-electron chi connectivity index (χ4n) is 3.59. The van der Waals surface area contributed by atoms with Crippen LogP contribution in [0, 0.1) is 5.92 Å². The van der Waals surface area contributed by atoms with Crippen molar-refractivity contribution in [2.45, 2.75) is 44.0 Å². The summed E-state index contributed by atoms with van der Waals surface area (Å²) in [5.74, 6) is -0.0233. The van der Waals surface area contributed by atoms with Gasteiger partial charge in [-0.05, 0) is 36.1 Å². The maximum atomic E-state index is 13.1. The Kier molecular flexibility index (Phi) is 7.86. The predicted octanol–water partition coefficient (Wildman–Crippen LogP) is 3.34. The van der Waals surface area contributed by atoms with Crippen LogP contribution in [-0.4, -0.2) is 44.6 Å². The number of likely N-dealkylation sites (tertiary alicyclic amines) is 1. The lowest BCUT2D eigenvalue weighted by molar-refractivity contribution is -0.127. The first kappa shape index (κ1) is 24.4. The molecule has 1 aliphatic rings. The van der Waals surface area contributed by atoms with Gasteiger partial charge in [0.05, 0.1) is 4.90 Å². The number of nitrogens with zero attached hydrogens (tertiary/aromatic N) is 2. The summed E-state index contributed by atoms with van der Waals surface area (Å²) < 4.78 is 29.6. The molecule has 1 aliphatic heterocycles. The number of benzene rings is 2. The monoisotopic (exact) mass is 470 g/mol. The van der Waals surface area contributed by atoms with Gasteiger partial charge in [0.25, 0.3) is 15.9 Å². The number of hydrogen-bond acceptors (Lipinski definition) is 4. The third-order valence-electron chi connectivity index (χ3n) is 5.25. The molecule has 1 saturated heterocycles. The molecule has 0 radical (unpaired) electrons. The van der Waals surface area contributed by atoms with Crippen LogP contribution >= 0.6 is 0 Å². The van der Waals surface area contributed by atoms with E-state index in [1.54, 1.807) is 36.4 Å². The van der Waals surface area contributed by atoms with Crippen LogP contribution < -0.4 is 10.6 Å². The number of carbonyl (C=O) groups excluding carboxylic acids is 2. The van der Waals surface area contributed by atoms with Gasteiger partial charge in [-0.2, -0.15) is 8.42 Å². The highest BCUT2D eigenvalue weighted by molar-refractivity contribution is 7.90. The molecule has 2 aromatic carbocycles. The largest absolute Gasteiger partial charge is 0.362 e. The third kappa shape index (κ3) is 6.64. The van der Waals surface area contributed by atoms with E-state index in [1.165, 1.54) is 12.1 Å². The SMILES string of the molecule is CC(C)CC(=O)NC(C(=O)Nc1cccc(S(=O)(=O)/N=C2/CCCN2C)c1)c1ccccc1. The van der Waals surface area contributed by atoms with Crippen LogP contribution in [0.3, 0.4) is 0 Å². The Morgan fingerprint density at radius 3 is 2.45 bits per heavy atom. The standard InChI is InChI=1S/C24H30N4O4S/c1-17(2)15-22(29)26-23(18-9-5-4-6-10-18)24(30)25-19-11-7-12-20(16-19)33(31,32)27-21-13-8-14-28(21)3/h4-7,9-12,16-17,23H,8,13-15H2,1-3H3,(H,25,30)(H,26,29)/b27-21-. The molecule has 0 saturated carbocycles. The maximum Gasteiger partial charge on any atom is 0.284 e. The number of amides is 2. The Labute approximate surface area is 195 Å². The van der Waals surface area contributed by atoms with Crippen molar-refractivity contribution in [3.63, 3.8) is 0 Å². The van der Waals surface area contributed by atoms with E-state index < -0.39 is 22.0 Å². The van der Waals surface area contributed by atoms with Gasteiger partial charge >= 0.3 is 0 Å². The van der Waals surface area contributed by atoms with Crippen molar-refractivity contribution in [1.82, 2.24) is 10.2 Å². The highest BCUT2D eigenvalue weighted by Gasteiger charge is 2.24. The summed E-state index contributed by atoms with van der Waals surface area (Å²) in [5, 5.41) is 5.52. The maximum absolute atomic E-state index is 13.1. The van der Waals surface area contributed by atoms with Crippen molar-refractivity contribution in [1.29, 1.82) is 0 Å². The van der Waals surface area contributed by atoms with Crippen LogP contribution in [0.4, 0.5) is 5.69 Å². The zero-order chi connectivity index (χ0) is 24.0. The molecule has 1 fully saturated rings. The number of amidine groups is 1. The van der Waals surface area contributed by atoms with Gasteiger partial charge < -0.3 is 15.5 Å². The van der Waals surface area contributed by atoms with Crippen molar-refractivity contribution in [3.8, 4) is 0 Å². The minimum Gasteiger partial charge on any atom is -0.362 e. The van der Waals surface area contributed by atoms with Crippen LogP contribution in [0.25, 0.3) is 0 Å². The van der Waals surface area contributed by atoms with E-state index in [1.807, 2.05) is 31.9 Å². The highest BCUT2D eigenvalue weighted by Crippen LogP contribution is 2.22. The molecule has 0 bridgehead atoms. The van der Waals surface area contributed by atoms with Crippen LogP contribution in [0.2, 0.25) is 0 Å². The number of nitrogens with one attached hydrogen (secondary N) is 2. The van der Waals surface area contributed by atoms with Gasteiger partial charge in [-0.1, -0.05) is 50.2 Å². The van der Waals surface area contributed by atoms with Crippen LogP contribution in [0.5, 0.6) is 0 Å². The number of hydrogen-bond donors (Lipinski definition) is 2. The van der Waals surface area contributed by atoms with Gasteiger partial charge in [-0.25, -0.2) is 0 Å². The van der Waals surface area contributed by atoms with Gasteiger partial charge in [0.2, 0.25) is 5.91 Å². The molecular weight excluding hydrogens is 440 g/mol. The number of rotatable bonds is 8. The Balaban J connectivity index is 1.82. The molecule has 0 aliphatic carbocycles. The molecule has 1 heterocycles. The predicted molar refractivity (Wildman–Crippen MR) is 128 cm³/mol. The van der Waals surface area contributed by atoms with Crippen molar-refractivity contribution in [2.75, 3.05) is 18.9 Å². The number of carbonyl (C=O) groups is 2. The van der Waals surface area contributed by atoms with Gasteiger partial charge in [-0.15, -0.1) is 4.40 Å². The third-order valence-corrected chi connectivity index (χ3v) is 6.55. The minimum absolute atomic E-state index is 0.00629. The van der Waals surface area contributed by atoms with E-state index in [4.69, 9.17) is 0 Å². The second kappa shape index (κ2) is 10.6. The molecule has 176 valence electrons. The average molecular weight is 471 g/mol. The molecule has 2 N–H and O–H groups in total. The zero-order valence-corrected chi connectivity index (χ0v) is 19.9. The first-order valence-electron chi connectivity index (χ1n) is 11.0. The summed E-state index contributed by atoms with van der Waals surface area (Å²) in [7, 11) is -2.10. The minimum atomic E-state index is -3.91. The van der Waals surface area contributed by atoms with Gasteiger partial charge in [0.1, 0.15) is 11.9 Å². The first-order valence-corrected chi connectivity index (χ1v) is 12.4. The van der Waals surface area contributed by atoms with E-state index in [0.29, 0.717) is 29.9 Å². The van der Waals surface area contributed by atoms with Crippen LogP contribution in [-0.2, 0) is 19.6 Å². The Morgan fingerprint density at radius 1 is 1.09 bits per heavy atom. The Bertz CT molecular complexity index is 1130. The molecule has 0 aromatic heterocycles. The second-order valence-corrected chi connectivity index (χ2v) is 10.1. The summed E-state index contributed by atoms with van der Waals surface area (Å²) >= 11 is 0. The molecular formula is C24H30N4O4S. The van der Waals surface area contributed by atoms with Crippen molar-refractivity contribution in [2.24, 2.45) is 10.3 Å². The molecule has 8 nitrogen and oxygen atoms in total. The second-order valence-electron chi connectivity index (χ2n) is 8.53. The van der Waals surface area contributed by atoms with Crippen molar-refractivity contribution < 1.29 is 18.0 Å². The summed E-state index contributed by atoms with van der Waals surface area (Å²) in [6.07, 6.45) is 1.77. The highest BCUT2D eigenvalue weighted by atomic mass is 32.2. The lowest BCUT2D eigenvalue weighted by Gasteiger charge is -2.20. The van der Waals surface area contributed by atoms with E-state index >= 15 is 0 Å². The van der Waals surface area contributed by atoms with E-state index in [-0.39, 0.29) is 16.7 Å². The van der Waals surface area contributed by atoms with Crippen molar-refractivity contribution >= 4 is 33.4 Å². The normalized spacial score (nSPS) is 16.1. The number of sulfonamides is 1. The van der Waals surface area contributed by atoms with Crippen LogP contribution in [0.15, 0.2) is 63.9 Å². The van der Waals surface area contributed by atoms with Crippen molar-refractivity contribution in [3.05, 3.63) is 60.2 Å². The summed E-state index contributed by atoms with van der Waals surface area (Å²) in [6, 6.07) is 14.0. The molecule has 33 heavy (non-hydrogen) atoms. The molecule has 0 spiro atoms. The summed E-state index contributed by atoms with van der Waals surface area (Å²) in [5.41, 5.74) is 0.937. The van der Waals surface area contributed by atoms with Gasteiger partial charge in [0, 0.05) is 32.1 Å².